The van der Waals surface area contributed by atoms with E-state index < -0.39 is 21.2 Å². The summed E-state index contributed by atoms with van der Waals surface area (Å²) in [6, 6.07) is 4.88. The van der Waals surface area contributed by atoms with Crippen molar-refractivity contribution in [3.05, 3.63) is 28.8 Å². The van der Waals surface area contributed by atoms with Crippen LogP contribution < -0.4 is 4.74 Å². The molecule has 6 heteroatoms. The minimum Gasteiger partial charge on any atom is -0.492 e. The smallest absolute Gasteiger partial charge is 0.155 e. The topological polar surface area (TPSA) is 63.6 Å². The van der Waals surface area contributed by atoms with Crippen LogP contribution in [0.5, 0.6) is 5.75 Å². The lowest BCUT2D eigenvalue weighted by atomic mass is 10.1. The van der Waals surface area contributed by atoms with Gasteiger partial charge in [-0.05, 0) is 39.0 Å². The summed E-state index contributed by atoms with van der Waals surface area (Å²) < 4.78 is 28.7. The van der Waals surface area contributed by atoms with Gasteiger partial charge in [0, 0.05) is 10.6 Å². The van der Waals surface area contributed by atoms with Crippen molar-refractivity contribution < 1.29 is 18.3 Å². The highest BCUT2D eigenvalue weighted by Crippen LogP contribution is 2.28. The largest absolute Gasteiger partial charge is 0.492 e. The van der Waals surface area contributed by atoms with Gasteiger partial charge in [-0.1, -0.05) is 11.6 Å². The van der Waals surface area contributed by atoms with E-state index in [4.69, 9.17) is 16.3 Å². The Morgan fingerprint density at radius 2 is 1.95 bits per heavy atom. The Labute approximate surface area is 119 Å². The lowest BCUT2D eigenvalue weighted by Crippen LogP contribution is -2.22. The fourth-order valence-electron chi connectivity index (χ4n) is 1.48. The molecule has 0 heterocycles. The molecule has 0 saturated carbocycles. The minimum atomic E-state index is -3.12. The Morgan fingerprint density at radius 1 is 1.32 bits per heavy atom. The van der Waals surface area contributed by atoms with Crippen LogP contribution in [0.4, 0.5) is 0 Å². The fraction of sp³-hybridized carbons (Fsp3) is 0.538. The second kappa shape index (κ2) is 6.59. The molecule has 108 valence electrons. The van der Waals surface area contributed by atoms with E-state index in [2.05, 4.69) is 0 Å². The van der Waals surface area contributed by atoms with Crippen LogP contribution in [0.3, 0.4) is 0 Å². The zero-order valence-electron chi connectivity index (χ0n) is 11.3. The Bertz CT molecular complexity index is 523. The molecule has 0 aliphatic heterocycles. The van der Waals surface area contributed by atoms with Crippen LogP contribution in [-0.4, -0.2) is 31.1 Å². The standard InChI is InChI=1S/C13H19ClO4S/c1-9(2)19(16,17)7-6-18-13-5-4-11(14)8-12(13)10(3)15/h4-5,8-10,15H,6-7H2,1-3H3/t10-/m1/s1. The molecule has 0 aliphatic carbocycles. The van der Waals surface area contributed by atoms with E-state index in [0.29, 0.717) is 16.3 Å². The van der Waals surface area contributed by atoms with Crippen molar-refractivity contribution >= 4 is 21.4 Å². The highest BCUT2D eigenvalue weighted by atomic mass is 35.5. The van der Waals surface area contributed by atoms with Crippen LogP contribution in [0, 0.1) is 0 Å². The van der Waals surface area contributed by atoms with E-state index in [0.717, 1.165) is 0 Å². The lowest BCUT2D eigenvalue weighted by Gasteiger charge is -2.14. The van der Waals surface area contributed by atoms with Gasteiger partial charge in [0.05, 0.1) is 17.1 Å². The van der Waals surface area contributed by atoms with Gasteiger partial charge in [-0.15, -0.1) is 0 Å². The summed E-state index contributed by atoms with van der Waals surface area (Å²) in [4.78, 5) is 0. The molecule has 19 heavy (non-hydrogen) atoms. The molecule has 0 radical (unpaired) electrons. The zero-order valence-corrected chi connectivity index (χ0v) is 12.8. The SMILES string of the molecule is CC(C)S(=O)(=O)CCOc1ccc(Cl)cc1[C@@H](C)O. The van der Waals surface area contributed by atoms with Crippen molar-refractivity contribution in [1.82, 2.24) is 0 Å². The normalized spacial score (nSPS) is 13.6. The molecule has 0 fully saturated rings. The quantitative estimate of drug-likeness (QED) is 0.877. The highest BCUT2D eigenvalue weighted by Gasteiger charge is 2.17. The third-order valence-electron chi connectivity index (χ3n) is 2.77. The molecule has 0 unspecified atom stereocenters. The first-order valence-electron chi connectivity index (χ1n) is 6.06. The van der Waals surface area contributed by atoms with E-state index in [-0.39, 0.29) is 12.4 Å². The Morgan fingerprint density at radius 3 is 2.47 bits per heavy atom. The second-order valence-electron chi connectivity index (χ2n) is 4.62. The monoisotopic (exact) mass is 306 g/mol. The van der Waals surface area contributed by atoms with Gasteiger partial charge in [0.25, 0.3) is 0 Å². The van der Waals surface area contributed by atoms with Crippen LogP contribution in [0.25, 0.3) is 0 Å². The molecule has 1 aromatic carbocycles. The van der Waals surface area contributed by atoms with Gasteiger partial charge in [0.2, 0.25) is 0 Å². The second-order valence-corrected chi connectivity index (χ2v) is 7.74. The minimum absolute atomic E-state index is 0.0491. The average molecular weight is 307 g/mol. The molecule has 0 amide bonds. The summed E-state index contributed by atoms with van der Waals surface area (Å²) >= 11 is 5.85. The number of halogens is 1. The van der Waals surface area contributed by atoms with Crippen molar-refractivity contribution in [2.24, 2.45) is 0 Å². The number of aliphatic hydroxyl groups is 1. The molecular formula is C13H19ClO4S. The predicted molar refractivity (Wildman–Crippen MR) is 76.5 cm³/mol. The van der Waals surface area contributed by atoms with Crippen molar-refractivity contribution in [1.29, 1.82) is 0 Å². The molecular weight excluding hydrogens is 288 g/mol. The Hall–Kier alpha value is -0.780. The van der Waals surface area contributed by atoms with E-state index in [1.54, 1.807) is 39.0 Å². The number of aliphatic hydroxyl groups excluding tert-OH is 1. The van der Waals surface area contributed by atoms with Gasteiger partial charge in [-0.25, -0.2) is 8.42 Å². The van der Waals surface area contributed by atoms with Crippen LogP contribution in [0.2, 0.25) is 5.02 Å². The number of benzene rings is 1. The first-order chi connectivity index (χ1) is 8.74. The summed E-state index contributed by atoms with van der Waals surface area (Å²) in [6.07, 6.45) is -0.726. The van der Waals surface area contributed by atoms with Gasteiger partial charge >= 0.3 is 0 Å². The van der Waals surface area contributed by atoms with Crippen molar-refractivity contribution in [2.45, 2.75) is 32.1 Å². The molecule has 1 atom stereocenters. The molecule has 1 aromatic rings. The van der Waals surface area contributed by atoms with Gasteiger partial charge in [0.1, 0.15) is 12.4 Å². The van der Waals surface area contributed by atoms with Gasteiger partial charge in [-0.3, -0.25) is 0 Å². The summed E-state index contributed by atoms with van der Waals surface area (Å²) in [5.41, 5.74) is 0.550. The maximum atomic E-state index is 11.6. The molecule has 0 spiro atoms. The third kappa shape index (κ3) is 4.67. The first kappa shape index (κ1) is 16.3. The lowest BCUT2D eigenvalue weighted by molar-refractivity contribution is 0.192. The number of sulfone groups is 1. The van der Waals surface area contributed by atoms with Crippen molar-refractivity contribution in [3.63, 3.8) is 0 Å². The van der Waals surface area contributed by atoms with Crippen LogP contribution >= 0.6 is 11.6 Å². The van der Waals surface area contributed by atoms with Crippen LogP contribution in [0.1, 0.15) is 32.4 Å². The van der Waals surface area contributed by atoms with Crippen molar-refractivity contribution in [3.8, 4) is 5.75 Å². The van der Waals surface area contributed by atoms with Crippen LogP contribution in [-0.2, 0) is 9.84 Å². The molecule has 0 aliphatic rings. The summed E-state index contributed by atoms with van der Waals surface area (Å²) in [7, 11) is -3.12. The zero-order chi connectivity index (χ0) is 14.6. The third-order valence-corrected chi connectivity index (χ3v) is 5.17. The highest BCUT2D eigenvalue weighted by molar-refractivity contribution is 7.91. The van der Waals surface area contributed by atoms with E-state index >= 15 is 0 Å². The molecule has 0 aromatic heterocycles. The summed E-state index contributed by atoms with van der Waals surface area (Å²) in [5.74, 6) is 0.408. The summed E-state index contributed by atoms with van der Waals surface area (Å²) in [5, 5.41) is 9.70. The predicted octanol–water partition coefficient (Wildman–Crippen LogP) is 2.60. The number of hydrogen-bond acceptors (Lipinski definition) is 4. The maximum Gasteiger partial charge on any atom is 0.155 e. The molecule has 0 bridgehead atoms. The number of ether oxygens (including phenoxy) is 1. The van der Waals surface area contributed by atoms with E-state index in [1.807, 2.05) is 0 Å². The van der Waals surface area contributed by atoms with Gasteiger partial charge in [-0.2, -0.15) is 0 Å². The Balaban J connectivity index is 2.74. The average Bonchev–Trinajstić information content (AvgIpc) is 2.30. The number of rotatable bonds is 6. The van der Waals surface area contributed by atoms with Gasteiger partial charge in [0.15, 0.2) is 9.84 Å². The fourth-order valence-corrected chi connectivity index (χ4v) is 2.45. The molecule has 1 rings (SSSR count). The number of hydrogen-bond donors (Lipinski definition) is 1. The molecule has 4 nitrogen and oxygen atoms in total. The first-order valence-corrected chi connectivity index (χ1v) is 8.15. The van der Waals surface area contributed by atoms with Crippen molar-refractivity contribution in [2.75, 3.05) is 12.4 Å². The van der Waals surface area contributed by atoms with Crippen LogP contribution in [0.15, 0.2) is 18.2 Å². The summed E-state index contributed by atoms with van der Waals surface area (Å²) in [6.45, 7) is 4.93. The Kier molecular flexibility index (Phi) is 5.64. The molecule has 0 saturated heterocycles. The maximum absolute atomic E-state index is 11.6. The van der Waals surface area contributed by atoms with E-state index in [1.165, 1.54) is 0 Å². The van der Waals surface area contributed by atoms with Gasteiger partial charge < -0.3 is 9.84 Å². The molecule has 1 N–H and O–H groups in total. The van der Waals surface area contributed by atoms with E-state index in [9.17, 15) is 13.5 Å².